The number of piperazine rings is 1. The van der Waals surface area contributed by atoms with Crippen LogP contribution in [0.2, 0.25) is 0 Å². The number of carbonyl (C=O) groups excluding carboxylic acids is 1. The summed E-state index contributed by atoms with van der Waals surface area (Å²) in [6, 6.07) is 16.3. The number of carbonyl (C=O) groups is 1. The Hall–Kier alpha value is -2.77. The Morgan fingerprint density at radius 2 is 1.82 bits per heavy atom. The van der Waals surface area contributed by atoms with Crippen molar-refractivity contribution < 1.29 is 14.3 Å². The maximum atomic E-state index is 12.6. The second-order valence-corrected chi connectivity index (χ2v) is 9.53. The first kappa shape index (κ1) is 24.4. The van der Waals surface area contributed by atoms with E-state index in [0.717, 1.165) is 68.5 Å². The van der Waals surface area contributed by atoms with E-state index in [4.69, 9.17) is 9.47 Å². The van der Waals surface area contributed by atoms with Crippen LogP contribution in [0.3, 0.4) is 0 Å². The third-order valence-corrected chi connectivity index (χ3v) is 7.04. The number of amidine groups is 1. The first-order valence-electron chi connectivity index (χ1n) is 12.0. The number of hydrogen-bond acceptors (Lipinski definition) is 6. The zero-order valence-corrected chi connectivity index (χ0v) is 20.9. The second kappa shape index (κ2) is 12.1. The zero-order valence-electron chi connectivity index (χ0n) is 20.0. The van der Waals surface area contributed by atoms with Crippen LogP contribution >= 0.6 is 11.8 Å². The van der Waals surface area contributed by atoms with Gasteiger partial charge in [-0.1, -0.05) is 56.2 Å². The first-order valence-corrected chi connectivity index (χ1v) is 12.8. The van der Waals surface area contributed by atoms with Crippen molar-refractivity contribution in [3.63, 3.8) is 0 Å². The van der Waals surface area contributed by atoms with Gasteiger partial charge >= 0.3 is 0 Å². The van der Waals surface area contributed by atoms with Gasteiger partial charge in [0.15, 0.2) is 16.7 Å². The van der Waals surface area contributed by atoms with E-state index in [1.165, 1.54) is 17.3 Å². The van der Waals surface area contributed by atoms with Crippen LogP contribution in [0.15, 0.2) is 58.4 Å². The molecule has 2 heterocycles. The number of unbranched alkanes of at least 4 members (excludes halogenated alkanes) is 2. The number of methoxy groups -OCH3 is 1. The highest BCUT2D eigenvalue weighted by Crippen LogP contribution is 2.33. The monoisotopic (exact) mass is 479 g/mol. The molecule has 2 aromatic carbocycles. The molecule has 0 radical (unpaired) electrons. The number of amides is 1. The smallest absolute Gasteiger partial charge is 0.286 e. The average molecular weight is 480 g/mol. The summed E-state index contributed by atoms with van der Waals surface area (Å²) in [5.41, 5.74) is 2.23. The largest absolute Gasteiger partial charge is 0.493 e. The van der Waals surface area contributed by atoms with E-state index in [-0.39, 0.29) is 5.91 Å². The lowest BCUT2D eigenvalue weighted by atomic mass is 10.2. The van der Waals surface area contributed by atoms with Crippen LogP contribution < -0.4 is 9.47 Å². The average Bonchev–Trinajstić information content (AvgIpc) is 3.23. The molecule has 0 bridgehead atoms. The molecule has 2 aliphatic rings. The summed E-state index contributed by atoms with van der Waals surface area (Å²) in [4.78, 5) is 22.2. The van der Waals surface area contributed by atoms with Gasteiger partial charge in [-0.15, -0.1) is 0 Å². The standard InChI is InChI=1S/C27H33N3O3S/c1-3-4-8-17-33-23-12-11-22(18-24(23)32-2)19-25-26(31)28-27(34-25)30-15-13-29(14-16-30)20-21-9-6-5-7-10-21/h5-7,9-12,18-19H,3-4,8,13-17,20H2,1-2H3/b25-19-. The number of benzene rings is 2. The van der Waals surface area contributed by atoms with E-state index in [1.807, 2.05) is 30.3 Å². The highest BCUT2D eigenvalue weighted by molar-refractivity contribution is 8.18. The molecule has 0 N–H and O–H groups in total. The van der Waals surface area contributed by atoms with Gasteiger partial charge < -0.3 is 14.4 Å². The van der Waals surface area contributed by atoms with Crippen molar-refractivity contribution in [2.45, 2.75) is 32.7 Å². The Morgan fingerprint density at radius 1 is 1.03 bits per heavy atom. The van der Waals surface area contributed by atoms with Crippen LogP contribution in [-0.2, 0) is 11.3 Å². The topological polar surface area (TPSA) is 54.4 Å². The summed E-state index contributed by atoms with van der Waals surface area (Å²) in [7, 11) is 1.64. The number of thioether (sulfide) groups is 1. The number of nitrogens with zero attached hydrogens (tertiary/aromatic N) is 3. The van der Waals surface area contributed by atoms with Gasteiger partial charge in [-0.2, -0.15) is 4.99 Å². The van der Waals surface area contributed by atoms with Gasteiger partial charge in [0.1, 0.15) is 0 Å². The fraction of sp³-hybridized carbons (Fsp3) is 0.407. The SMILES string of the molecule is CCCCCOc1ccc(/C=C2\SC(N3CCN(Cc4ccccc4)CC3)=NC2=O)cc1OC. The molecular formula is C27H33N3O3S. The maximum absolute atomic E-state index is 12.6. The number of aliphatic imine (C=N–C) groups is 1. The van der Waals surface area contributed by atoms with Crippen molar-refractivity contribution in [1.82, 2.24) is 9.80 Å². The van der Waals surface area contributed by atoms with E-state index in [0.29, 0.717) is 17.3 Å². The predicted molar refractivity (Wildman–Crippen MR) is 139 cm³/mol. The van der Waals surface area contributed by atoms with Crippen LogP contribution in [0.4, 0.5) is 0 Å². The molecule has 0 aromatic heterocycles. The summed E-state index contributed by atoms with van der Waals surface area (Å²) in [5.74, 6) is 1.24. The van der Waals surface area contributed by atoms with Crippen molar-refractivity contribution in [3.8, 4) is 11.5 Å². The molecule has 0 aliphatic carbocycles. The van der Waals surface area contributed by atoms with Crippen molar-refractivity contribution in [3.05, 3.63) is 64.6 Å². The van der Waals surface area contributed by atoms with Crippen LogP contribution in [-0.4, -0.2) is 60.8 Å². The van der Waals surface area contributed by atoms with E-state index < -0.39 is 0 Å². The molecule has 0 saturated carbocycles. The van der Waals surface area contributed by atoms with Crippen molar-refractivity contribution >= 4 is 28.9 Å². The molecule has 1 saturated heterocycles. The zero-order chi connectivity index (χ0) is 23.8. The van der Waals surface area contributed by atoms with Gasteiger partial charge in [0, 0.05) is 32.7 Å². The molecule has 2 aromatic rings. The maximum Gasteiger partial charge on any atom is 0.286 e. The normalized spacial score (nSPS) is 17.8. The van der Waals surface area contributed by atoms with Crippen LogP contribution in [0.5, 0.6) is 11.5 Å². The third-order valence-electron chi connectivity index (χ3n) is 5.99. The van der Waals surface area contributed by atoms with Crippen LogP contribution in [0.1, 0.15) is 37.3 Å². The molecule has 7 heteroatoms. The minimum Gasteiger partial charge on any atom is -0.493 e. The Kier molecular flexibility index (Phi) is 8.66. The number of hydrogen-bond donors (Lipinski definition) is 0. The molecular weight excluding hydrogens is 446 g/mol. The summed E-state index contributed by atoms with van der Waals surface area (Å²) in [5, 5.41) is 0.804. The first-order chi connectivity index (χ1) is 16.7. The summed E-state index contributed by atoms with van der Waals surface area (Å²) < 4.78 is 11.4. The third kappa shape index (κ3) is 6.42. The highest BCUT2D eigenvalue weighted by atomic mass is 32.2. The molecule has 0 spiro atoms. The number of ether oxygens (including phenoxy) is 2. The summed E-state index contributed by atoms with van der Waals surface area (Å²) in [6.07, 6.45) is 5.22. The van der Waals surface area contributed by atoms with Gasteiger partial charge in [0.2, 0.25) is 0 Å². The van der Waals surface area contributed by atoms with Gasteiger partial charge in [0.05, 0.1) is 18.6 Å². The van der Waals surface area contributed by atoms with Crippen molar-refractivity contribution in [2.24, 2.45) is 4.99 Å². The van der Waals surface area contributed by atoms with Crippen molar-refractivity contribution in [2.75, 3.05) is 39.9 Å². The quantitative estimate of drug-likeness (QED) is 0.371. The lowest BCUT2D eigenvalue weighted by Crippen LogP contribution is -2.47. The van der Waals surface area contributed by atoms with Crippen molar-refractivity contribution in [1.29, 1.82) is 0 Å². The summed E-state index contributed by atoms with van der Waals surface area (Å²) >= 11 is 1.46. The molecule has 180 valence electrons. The van der Waals surface area contributed by atoms with Gasteiger partial charge in [0.25, 0.3) is 5.91 Å². The van der Waals surface area contributed by atoms with Crippen LogP contribution in [0.25, 0.3) is 6.08 Å². The second-order valence-electron chi connectivity index (χ2n) is 8.52. The molecule has 1 amide bonds. The van der Waals surface area contributed by atoms with E-state index in [2.05, 4.69) is 46.0 Å². The molecule has 1 fully saturated rings. The number of rotatable bonds is 9. The minimum atomic E-state index is -0.175. The minimum absolute atomic E-state index is 0.175. The van der Waals surface area contributed by atoms with Gasteiger partial charge in [-0.25, -0.2) is 0 Å². The predicted octanol–water partition coefficient (Wildman–Crippen LogP) is 5.05. The van der Waals surface area contributed by atoms with Gasteiger partial charge in [-0.05, 0) is 47.5 Å². The lowest BCUT2D eigenvalue weighted by Gasteiger charge is -2.35. The van der Waals surface area contributed by atoms with E-state index in [9.17, 15) is 4.79 Å². The van der Waals surface area contributed by atoms with Crippen LogP contribution in [0, 0.1) is 0 Å². The molecule has 2 aliphatic heterocycles. The fourth-order valence-corrected chi connectivity index (χ4v) is 5.02. The molecule has 34 heavy (non-hydrogen) atoms. The van der Waals surface area contributed by atoms with E-state index >= 15 is 0 Å². The molecule has 0 unspecified atom stereocenters. The van der Waals surface area contributed by atoms with Gasteiger partial charge in [-0.3, -0.25) is 9.69 Å². The van der Waals surface area contributed by atoms with E-state index in [1.54, 1.807) is 7.11 Å². The Morgan fingerprint density at radius 3 is 2.56 bits per heavy atom. The Bertz CT molecular complexity index is 1030. The Labute approximate surface area is 206 Å². The molecule has 6 nitrogen and oxygen atoms in total. The fourth-order valence-electron chi connectivity index (χ4n) is 4.05. The Balaban J connectivity index is 1.33. The molecule has 4 rings (SSSR count). The summed E-state index contributed by atoms with van der Waals surface area (Å²) in [6.45, 7) is 7.46. The highest BCUT2D eigenvalue weighted by Gasteiger charge is 2.28. The molecule has 0 atom stereocenters. The lowest BCUT2D eigenvalue weighted by molar-refractivity contribution is -0.113.